The van der Waals surface area contributed by atoms with Crippen molar-refractivity contribution in [3.05, 3.63) is 35.9 Å². The number of ether oxygens (including phenoxy) is 1. The van der Waals surface area contributed by atoms with Gasteiger partial charge in [0.15, 0.2) is 0 Å². The first-order chi connectivity index (χ1) is 9.79. The van der Waals surface area contributed by atoms with E-state index in [-0.39, 0.29) is 5.91 Å². The summed E-state index contributed by atoms with van der Waals surface area (Å²) in [6.45, 7) is 4.82. The maximum absolute atomic E-state index is 11.7. The summed E-state index contributed by atoms with van der Waals surface area (Å²) in [7, 11) is 0. The highest BCUT2D eigenvalue weighted by Crippen LogP contribution is 2.22. The highest BCUT2D eigenvalue weighted by atomic mass is 16.5. The Hall–Kier alpha value is -1.39. The number of hydrogen-bond donors (Lipinski definition) is 2. The molecule has 2 rings (SSSR count). The average Bonchev–Trinajstić information content (AvgIpc) is 2.94. The Morgan fingerprint density at radius 2 is 2.15 bits per heavy atom. The number of carbonyl (C=O) groups excluding carboxylic acids is 1. The molecule has 1 aromatic carbocycles. The van der Waals surface area contributed by atoms with Crippen LogP contribution in [-0.4, -0.2) is 31.7 Å². The molecular formula is C16H24N2O2. The normalized spacial score (nSPS) is 21.9. The molecule has 0 saturated carbocycles. The lowest BCUT2D eigenvalue weighted by atomic mass is 10.00. The van der Waals surface area contributed by atoms with Gasteiger partial charge >= 0.3 is 0 Å². The van der Waals surface area contributed by atoms with E-state index in [1.165, 1.54) is 0 Å². The van der Waals surface area contributed by atoms with Crippen LogP contribution in [0.1, 0.15) is 25.3 Å². The van der Waals surface area contributed by atoms with Crippen LogP contribution in [0.5, 0.6) is 0 Å². The van der Waals surface area contributed by atoms with E-state index in [1.807, 2.05) is 30.3 Å². The minimum Gasteiger partial charge on any atom is -0.378 e. The van der Waals surface area contributed by atoms with E-state index in [0.29, 0.717) is 25.1 Å². The highest BCUT2D eigenvalue weighted by Gasteiger charge is 2.26. The molecule has 20 heavy (non-hydrogen) atoms. The lowest BCUT2D eigenvalue weighted by Crippen LogP contribution is -2.37. The molecule has 0 aliphatic carbocycles. The number of carbonyl (C=O) groups is 1. The van der Waals surface area contributed by atoms with Gasteiger partial charge in [-0.25, -0.2) is 0 Å². The van der Waals surface area contributed by atoms with Gasteiger partial charge in [0.25, 0.3) is 0 Å². The summed E-state index contributed by atoms with van der Waals surface area (Å²) in [5, 5.41) is 6.15. The van der Waals surface area contributed by atoms with Crippen LogP contribution in [0.4, 0.5) is 0 Å². The number of amides is 1. The van der Waals surface area contributed by atoms with E-state index in [4.69, 9.17) is 4.74 Å². The third-order valence-corrected chi connectivity index (χ3v) is 3.77. The summed E-state index contributed by atoms with van der Waals surface area (Å²) in [4.78, 5) is 11.7. The zero-order valence-electron chi connectivity index (χ0n) is 12.1. The van der Waals surface area contributed by atoms with Crippen LogP contribution < -0.4 is 10.6 Å². The van der Waals surface area contributed by atoms with E-state index >= 15 is 0 Å². The summed E-state index contributed by atoms with van der Waals surface area (Å²) < 4.78 is 5.64. The maximum Gasteiger partial charge on any atom is 0.234 e. The van der Waals surface area contributed by atoms with Crippen molar-refractivity contribution in [3.8, 4) is 0 Å². The first kappa shape index (κ1) is 15.0. The van der Waals surface area contributed by atoms with Crippen LogP contribution in [0, 0.1) is 5.92 Å². The third kappa shape index (κ3) is 4.62. The summed E-state index contributed by atoms with van der Waals surface area (Å²) in [6.07, 6.45) is 2.50. The van der Waals surface area contributed by atoms with Gasteiger partial charge < -0.3 is 15.4 Å². The predicted octanol–water partition coefficient (Wildman–Crippen LogP) is 1.71. The van der Waals surface area contributed by atoms with Crippen molar-refractivity contribution in [1.29, 1.82) is 0 Å². The van der Waals surface area contributed by atoms with Crippen molar-refractivity contribution >= 4 is 5.91 Å². The zero-order valence-corrected chi connectivity index (χ0v) is 12.1. The standard InChI is InChI=1S/C16H24N2O2/c1-2-15-14(8-9-20-15)11-17-12-16(19)18-10-13-6-4-3-5-7-13/h3-7,14-15,17H,2,8-12H2,1H3,(H,18,19). The second kappa shape index (κ2) is 8.02. The monoisotopic (exact) mass is 276 g/mol. The molecule has 4 heteroatoms. The molecule has 1 fully saturated rings. The topological polar surface area (TPSA) is 50.4 Å². The molecule has 1 aromatic rings. The van der Waals surface area contributed by atoms with Gasteiger partial charge in [-0.1, -0.05) is 37.3 Å². The van der Waals surface area contributed by atoms with E-state index in [1.54, 1.807) is 0 Å². The highest BCUT2D eigenvalue weighted by molar-refractivity contribution is 5.77. The summed E-state index contributed by atoms with van der Waals surface area (Å²) in [5.41, 5.74) is 1.12. The van der Waals surface area contributed by atoms with Gasteiger partial charge in [-0.3, -0.25) is 4.79 Å². The molecule has 2 unspecified atom stereocenters. The van der Waals surface area contributed by atoms with Crippen molar-refractivity contribution in [3.63, 3.8) is 0 Å². The van der Waals surface area contributed by atoms with Gasteiger partial charge in [-0.15, -0.1) is 0 Å². The lowest BCUT2D eigenvalue weighted by Gasteiger charge is -2.17. The molecular weight excluding hydrogens is 252 g/mol. The summed E-state index contributed by atoms with van der Waals surface area (Å²) >= 11 is 0. The minimum atomic E-state index is 0.0424. The molecule has 0 radical (unpaired) electrons. The van der Waals surface area contributed by atoms with E-state index in [9.17, 15) is 4.79 Å². The molecule has 0 aromatic heterocycles. The Balaban J connectivity index is 1.61. The summed E-state index contributed by atoms with van der Waals surface area (Å²) in [6, 6.07) is 9.95. The van der Waals surface area contributed by atoms with Crippen molar-refractivity contribution in [2.24, 2.45) is 5.92 Å². The molecule has 0 bridgehead atoms. The number of benzene rings is 1. The van der Waals surface area contributed by atoms with Gasteiger partial charge in [0, 0.05) is 19.7 Å². The predicted molar refractivity (Wildman–Crippen MR) is 79.3 cm³/mol. The largest absolute Gasteiger partial charge is 0.378 e. The van der Waals surface area contributed by atoms with Crippen LogP contribution in [0.3, 0.4) is 0 Å². The molecule has 2 atom stereocenters. The number of nitrogens with one attached hydrogen (secondary N) is 2. The van der Waals surface area contributed by atoms with E-state index in [0.717, 1.165) is 31.6 Å². The van der Waals surface area contributed by atoms with Crippen molar-refractivity contribution in [1.82, 2.24) is 10.6 Å². The van der Waals surface area contributed by atoms with Gasteiger partial charge in [-0.05, 0) is 24.3 Å². The summed E-state index contributed by atoms with van der Waals surface area (Å²) in [5.74, 6) is 0.586. The van der Waals surface area contributed by atoms with Gasteiger partial charge in [0.1, 0.15) is 0 Å². The number of hydrogen-bond acceptors (Lipinski definition) is 3. The quantitative estimate of drug-likeness (QED) is 0.797. The molecule has 4 nitrogen and oxygen atoms in total. The minimum absolute atomic E-state index is 0.0424. The van der Waals surface area contributed by atoms with Crippen LogP contribution in [-0.2, 0) is 16.1 Å². The first-order valence-electron chi connectivity index (χ1n) is 7.42. The van der Waals surface area contributed by atoms with Crippen molar-refractivity contribution < 1.29 is 9.53 Å². The smallest absolute Gasteiger partial charge is 0.234 e. The Kier molecular flexibility index (Phi) is 6.02. The van der Waals surface area contributed by atoms with Crippen LogP contribution in [0.25, 0.3) is 0 Å². The maximum atomic E-state index is 11.7. The first-order valence-corrected chi connectivity index (χ1v) is 7.42. The Morgan fingerprint density at radius 1 is 1.35 bits per heavy atom. The van der Waals surface area contributed by atoms with Crippen LogP contribution >= 0.6 is 0 Å². The van der Waals surface area contributed by atoms with Gasteiger partial charge in [0.05, 0.1) is 12.6 Å². The molecule has 0 spiro atoms. The van der Waals surface area contributed by atoms with Crippen molar-refractivity contribution in [2.45, 2.75) is 32.4 Å². The number of rotatable bonds is 7. The van der Waals surface area contributed by atoms with Gasteiger partial charge in [-0.2, -0.15) is 0 Å². The molecule has 1 heterocycles. The molecule has 2 N–H and O–H groups in total. The Bertz CT molecular complexity index is 408. The molecule has 1 aliphatic rings. The average molecular weight is 276 g/mol. The lowest BCUT2D eigenvalue weighted by molar-refractivity contribution is -0.120. The van der Waals surface area contributed by atoms with Crippen molar-refractivity contribution in [2.75, 3.05) is 19.7 Å². The second-order valence-corrected chi connectivity index (χ2v) is 5.26. The zero-order chi connectivity index (χ0) is 14.2. The van der Waals surface area contributed by atoms with Crippen LogP contribution in [0.2, 0.25) is 0 Å². The van der Waals surface area contributed by atoms with Gasteiger partial charge in [0.2, 0.25) is 5.91 Å². The molecule has 1 amide bonds. The fourth-order valence-electron chi connectivity index (χ4n) is 2.61. The second-order valence-electron chi connectivity index (χ2n) is 5.26. The SMILES string of the molecule is CCC1OCCC1CNCC(=O)NCc1ccccc1. The molecule has 1 saturated heterocycles. The Labute approximate surface area is 120 Å². The third-order valence-electron chi connectivity index (χ3n) is 3.77. The van der Waals surface area contributed by atoms with E-state index < -0.39 is 0 Å². The van der Waals surface area contributed by atoms with Crippen LogP contribution in [0.15, 0.2) is 30.3 Å². The Morgan fingerprint density at radius 3 is 2.90 bits per heavy atom. The van der Waals surface area contributed by atoms with E-state index in [2.05, 4.69) is 17.6 Å². The molecule has 110 valence electrons. The molecule has 1 aliphatic heterocycles. The fourth-order valence-corrected chi connectivity index (χ4v) is 2.61. The fraction of sp³-hybridized carbons (Fsp3) is 0.562.